The van der Waals surface area contributed by atoms with E-state index in [2.05, 4.69) is 15.5 Å². The number of hydrogen-bond donors (Lipinski definition) is 2. The Morgan fingerprint density at radius 1 is 1.10 bits per heavy atom. The first kappa shape index (κ1) is 20.4. The molecule has 0 bridgehead atoms. The molecule has 0 spiro atoms. The Bertz CT molecular complexity index is 827. The molecule has 1 aliphatic rings. The number of nitrogens with one attached hydrogen (secondary N) is 2. The van der Waals surface area contributed by atoms with Gasteiger partial charge in [0, 0.05) is 24.5 Å². The SMILES string of the molecule is C[C@@H](NC(=O)c1ccco1)C(=O)OCC(=O)Nc1ccc(N2CCCCC2)cc1. The van der Waals surface area contributed by atoms with Crippen LogP contribution >= 0.6 is 0 Å². The number of hydrogen-bond acceptors (Lipinski definition) is 6. The predicted octanol–water partition coefficient (Wildman–Crippen LogP) is 2.57. The van der Waals surface area contributed by atoms with E-state index in [0.717, 1.165) is 18.8 Å². The zero-order valence-corrected chi connectivity index (χ0v) is 16.3. The number of benzene rings is 1. The van der Waals surface area contributed by atoms with Crippen molar-refractivity contribution < 1.29 is 23.5 Å². The Labute approximate surface area is 169 Å². The molecular formula is C21H25N3O5. The van der Waals surface area contributed by atoms with E-state index in [1.807, 2.05) is 24.3 Å². The van der Waals surface area contributed by atoms with E-state index in [9.17, 15) is 14.4 Å². The first-order valence-corrected chi connectivity index (χ1v) is 9.69. The number of amides is 2. The molecule has 154 valence electrons. The third-order valence-corrected chi connectivity index (χ3v) is 4.66. The minimum absolute atomic E-state index is 0.0930. The van der Waals surface area contributed by atoms with Gasteiger partial charge in [0.05, 0.1) is 6.26 Å². The fourth-order valence-corrected chi connectivity index (χ4v) is 3.10. The molecule has 2 aromatic rings. The fourth-order valence-electron chi connectivity index (χ4n) is 3.10. The van der Waals surface area contributed by atoms with Gasteiger partial charge in [-0.2, -0.15) is 0 Å². The van der Waals surface area contributed by atoms with Crippen LogP contribution in [0.2, 0.25) is 0 Å². The zero-order chi connectivity index (χ0) is 20.6. The minimum atomic E-state index is -0.913. The molecular weight excluding hydrogens is 374 g/mol. The Hall–Kier alpha value is -3.29. The molecule has 1 atom stereocenters. The molecule has 1 fully saturated rings. The molecule has 1 aromatic heterocycles. The molecule has 8 nitrogen and oxygen atoms in total. The third kappa shape index (κ3) is 5.84. The normalized spacial score (nSPS) is 14.7. The second-order valence-corrected chi connectivity index (χ2v) is 6.92. The maximum atomic E-state index is 12.0. The average molecular weight is 399 g/mol. The number of carbonyl (C=O) groups excluding carboxylic acids is 3. The van der Waals surface area contributed by atoms with Crippen LogP contribution in [0, 0.1) is 0 Å². The lowest BCUT2D eigenvalue weighted by atomic mass is 10.1. The maximum Gasteiger partial charge on any atom is 0.328 e. The van der Waals surface area contributed by atoms with Gasteiger partial charge >= 0.3 is 5.97 Å². The fraction of sp³-hybridized carbons (Fsp3) is 0.381. The summed E-state index contributed by atoms with van der Waals surface area (Å²) in [7, 11) is 0. The standard InChI is InChI=1S/C21H25N3O5/c1-15(22-20(26)18-6-5-13-28-18)21(27)29-14-19(25)23-16-7-9-17(10-8-16)24-11-3-2-4-12-24/h5-10,13,15H,2-4,11-12,14H2,1H3,(H,22,26)(H,23,25)/t15-/m1/s1. The van der Waals surface area contributed by atoms with Crippen molar-refractivity contribution in [1.82, 2.24) is 5.32 Å². The van der Waals surface area contributed by atoms with Crippen molar-refractivity contribution in [3.05, 3.63) is 48.4 Å². The van der Waals surface area contributed by atoms with Gasteiger partial charge in [-0.05, 0) is 62.6 Å². The number of furan rings is 1. The molecule has 2 amide bonds. The highest BCUT2D eigenvalue weighted by Crippen LogP contribution is 2.21. The summed E-state index contributed by atoms with van der Waals surface area (Å²) in [5.41, 5.74) is 1.77. The summed E-state index contributed by atoms with van der Waals surface area (Å²) in [5.74, 6) is -1.60. The van der Waals surface area contributed by atoms with Crippen molar-refractivity contribution in [2.24, 2.45) is 0 Å². The molecule has 0 saturated carbocycles. The van der Waals surface area contributed by atoms with Crippen molar-refractivity contribution >= 4 is 29.2 Å². The molecule has 0 aliphatic carbocycles. The largest absolute Gasteiger partial charge is 0.459 e. The van der Waals surface area contributed by atoms with Gasteiger partial charge in [0.2, 0.25) is 0 Å². The highest BCUT2D eigenvalue weighted by Gasteiger charge is 2.20. The number of ether oxygens (including phenoxy) is 1. The average Bonchev–Trinajstić information content (AvgIpc) is 3.28. The summed E-state index contributed by atoms with van der Waals surface area (Å²) < 4.78 is 9.93. The van der Waals surface area contributed by atoms with E-state index in [4.69, 9.17) is 9.15 Å². The minimum Gasteiger partial charge on any atom is -0.459 e. The lowest BCUT2D eigenvalue weighted by Crippen LogP contribution is -2.40. The van der Waals surface area contributed by atoms with Gasteiger partial charge in [-0.1, -0.05) is 0 Å². The number of carbonyl (C=O) groups is 3. The highest BCUT2D eigenvalue weighted by molar-refractivity contribution is 5.95. The van der Waals surface area contributed by atoms with Crippen molar-refractivity contribution in [3.63, 3.8) is 0 Å². The second-order valence-electron chi connectivity index (χ2n) is 6.92. The van der Waals surface area contributed by atoms with Crippen molar-refractivity contribution in [2.45, 2.75) is 32.2 Å². The van der Waals surface area contributed by atoms with Crippen LogP contribution in [0.5, 0.6) is 0 Å². The summed E-state index contributed by atoms with van der Waals surface area (Å²) in [5, 5.41) is 5.14. The Kier molecular flexibility index (Phi) is 6.89. The first-order valence-electron chi connectivity index (χ1n) is 9.69. The Balaban J connectivity index is 1.41. The van der Waals surface area contributed by atoms with Crippen LogP contribution in [-0.4, -0.2) is 43.5 Å². The van der Waals surface area contributed by atoms with Crippen LogP contribution in [0.25, 0.3) is 0 Å². The van der Waals surface area contributed by atoms with Gasteiger partial charge in [0.25, 0.3) is 11.8 Å². The maximum absolute atomic E-state index is 12.0. The molecule has 1 aromatic carbocycles. The van der Waals surface area contributed by atoms with E-state index >= 15 is 0 Å². The number of rotatable bonds is 7. The van der Waals surface area contributed by atoms with Gasteiger partial charge in [0.1, 0.15) is 6.04 Å². The highest BCUT2D eigenvalue weighted by atomic mass is 16.5. The summed E-state index contributed by atoms with van der Waals surface area (Å²) in [6, 6.07) is 9.74. The summed E-state index contributed by atoms with van der Waals surface area (Å²) in [6.45, 7) is 3.14. The van der Waals surface area contributed by atoms with E-state index < -0.39 is 30.4 Å². The third-order valence-electron chi connectivity index (χ3n) is 4.66. The van der Waals surface area contributed by atoms with Crippen LogP contribution in [0.4, 0.5) is 11.4 Å². The van der Waals surface area contributed by atoms with Gasteiger partial charge in [0.15, 0.2) is 12.4 Å². The van der Waals surface area contributed by atoms with E-state index in [1.165, 1.54) is 38.5 Å². The van der Waals surface area contributed by atoms with Gasteiger partial charge in [-0.3, -0.25) is 9.59 Å². The molecule has 29 heavy (non-hydrogen) atoms. The lowest BCUT2D eigenvalue weighted by molar-refractivity contribution is -0.148. The number of piperidine rings is 1. The Morgan fingerprint density at radius 2 is 1.83 bits per heavy atom. The number of nitrogens with zero attached hydrogens (tertiary/aromatic N) is 1. The molecule has 2 heterocycles. The monoisotopic (exact) mass is 399 g/mol. The van der Waals surface area contributed by atoms with Crippen LogP contribution < -0.4 is 15.5 Å². The lowest BCUT2D eigenvalue weighted by Gasteiger charge is -2.28. The van der Waals surface area contributed by atoms with Gasteiger partial charge in [-0.25, -0.2) is 4.79 Å². The van der Waals surface area contributed by atoms with Crippen LogP contribution in [0.3, 0.4) is 0 Å². The van der Waals surface area contributed by atoms with Crippen LogP contribution in [0.15, 0.2) is 47.1 Å². The zero-order valence-electron chi connectivity index (χ0n) is 16.3. The van der Waals surface area contributed by atoms with Crippen molar-refractivity contribution in [2.75, 3.05) is 29.9 Å². The smallest absolute Gasteiger partial charge is 0.328 e. The molecule has 1 saturated heterocycles. The molecule has 3 rings (SSSR count). The van der Waals surface area contributed by atoms with Crippen LogP contribution in [0.1, 0.15) is 36.7 Å². The van der Waals surface area contributed by atoms with Crippen LogP contribution in [-0.2, 0) is 14.3 Å². The molecule has 2 N–H and O–H groups in total. The Morgan fingerprint density at radius 3 is 2.48 bits per heavy atom. The molecule has 0 unspecified atom stereocenters. The second kappa shape index (κ2) is 9.77. The van der Waals surface area contributed by atoms with E-state index in [1.54, 1.807) is 6.07 Å². The van der Waals surface area contributed by atoms with E-state index in [0.29, 0.717) is 5.69 Å². The summed E-state index contributed by atoms with van der Waals surface area (Å²) >= 11 is 0. The first-order chi connectivity index (χ1) is 14.0. The summed E-state index contributed by atoms with van der Waals surface area (Å²) in [4.78, 5) is 38.2. The molecule has 1 aliphatic heterocycles. The summed E-state index contributed by atoms with van der Waals surface area (Å²) in [6.07, 6.45) is 5.03. The molecule has 0 radical (unpaired) electrons. The number of anilines is 2. The van der Waals surface area contributed by atoms with Gasteiger partial charge < -0.3 is 24.7 Å². The topological polar surface area (TPSA) is 101 Å². The van der Waals surface area contributed by atoms with Crippen molar-refractivity contribution in [1.29, 1.82) is 0 Å². The molecule has 8 heteroatoms. The number of esters is 1. The predicted molar refractivity (Wildman–Crippen MR) is 108 cm³/mol. The van der Waals surface area contributed by atoms with Crippen molar-refractivity contribution in [3.8, 4) is 0 Å². The van der Waals surface area contributed by atoms with E-state index in [-0.39, 0.29) is 5.76 Å². The van der Waals surface area contributed by atoms with Gasteiger partial charge in [-0.15, -0.1) is 0 Å². The quantitative estimate of drug-likeness (QED) is 0.694.